The quantitative estimate of drug-likeness (QED) is 0.359. The van der Waals surface area contributed by atoms with Crippen molar-refractivity contribution in [2.24, 2.45) is 5.92 Å². The average Bonchev–Trinajstić information content (AvgIpc) is 2.59. The minimum atomic E-state index is -5.08. The Bertz CT molecular complexity index is 675. The fourth-order valence-corrected chi connectivity index (χ4v) is 3.42. The number of carbonyl (C=O) groups excluding carboxylic acids is 1. The first kappa shape index (κ1) is 27.0. The van der Waals surface area contributed by atoms with Crippen molar-refractivity contribution in [1.82, 2.24) is 15.3 Å². The molecule has 13 heteroatoms. The van der Waals surface area contributed by atoms with E-state index in [1.54, 1.807) is 23.1 Å². The lowest BCUT2D eigenvalue weighted by atomic mass is 10.1. The fourth-order valence-electron chi connectivity index (χ4n) is 1.53. The molecule has 0 unspecified atom stereocenters. The highest BCUT2D eigenvalue weighted by Crippen LogP contribution is 2.20. The van der Waals surface area contributed by atoms with Crippen LogP contribution in [0.2, 0.25) is 0 Å². The monoisotopic (exact) mass is 457 g/mol. The molecule has 0 bridgehead atoms. The van der Waals surface area contributed by atoms with Crippen molar-refractivity contribution in [3.8, 4) is 0 Å². The van der Waals surface area contributed by atoms with Crippen LogP contribution >= 0.6 is 21.6 Å². The molecule has 8 nitrogen and oxygen atoms in total. The normalized spacial score (nSPS) is 10.8. The molecule has 1 heterocycles. The maximum Gasteiger partial charge on any atom is 0.490 e. The second-order valence-electron chi connectivity index (χ2n) is 5.80. The molecule has 0 fully saturated rings. The number of carboxylic acids is 2. The van der Waals surface area contributed by atoms with Crippen molar-refractivity contribution < 1.29 is 37.8 Å². The molecule has 0 radical (unpaired) electrons. The predicted octanol–water partition coefficient (Wildman–Crippen LogP) is 2.89. The summed E-state index contributed by atoms with van der Waals surface area (Å²) in [6, 6.07) is 1.61. The summed E-state index contributed by atoms with van der Waals surface area (Å²) in [5, 5.41) is 18.4. The first-order valence-corrected chi connectivity index (χ1v) is 10.8. The van der Waals surface area contributed by atoms with Gasteiger partial charge in [-0.05, 0) is 12.0 Å². The van der Waals surface area contributed by atoms with Crippen molar-refractivity contribution in [3.05, 3.63) is 23.8 Å². The van der Waals surface area contributed by atoms with E-state index in [0.717, 1.165) is 12.2 Å². The molecule has 0 saturated carbocycles. The van der Waals surface area contributed by atoms with Crippen molar-refractivity contribution in [1.29, 1.82) is 0 Å². The molecule has 29 heavy (non-hydrogen) atoms. The molecular weight excluding hydrogens is 435 g/mol. The van der Waals surface area contributed by atoms with Gasteiger partial charge in [0.25, 0.3) is 5.91 Å². The number of hydrogen-bond donors (Lipinski definition) is 3. The molecule has 0 aliphatic heterocycles. The van der Waals surface area contributed by atoms with Crippen LogP contribution in [0.15, 0.2) is 12.3 Å². The lowest BCUT2D eigenvalue weighted by Crippen LogP contribution is -2.27. The van der Waals surface area contributed by atoms with E-state index in [-0.39, 0.29) is 12.3 Å². The van der Waals surface area contributed by atoms with Gasteiger partial charge in [-0.3, -0.25) is 9.59 Å². The van der Waals surface area contributed by atoms with E-state index in [4.69, 9.17) is 15.0 Å². The van der Waals surface area contributed by atoms with E-state index >= 15 is 0 Å². The largest absolute Gasteiger partial charge is 0.490 e. The molecule has 0 saturated heterocycles. The van der Waals surface area contributed by atoms with Crippen LogP contribution in [0.3, 0.4) is 0 Å². The van der Waals surface area contributed by atoms with Crippen LogP contribution in [0.4, 0.5) is 13.2 Å². The van der Waals surface area contributed by atoms with Gasteiger partial charge in [-0.1, -0.05) is 35.4 Å². The summed E-state index contributed by atoms with van der Waals surface area (Å²) in [4.78, 5) is 39.6. The van der Waals surface area contributed by atoms with Crippen molar-refractivity contribution >= 4 is 39.4 Å². The topological polar surface area (TPSA) is 129 Å². The SMILES string of the molecule is CC(C)Cc1nccc(C(=O)NCCSSCCC(=O)O)n1.O=C(O)C(F)(F)F. The number of carboxylic acid groups (broad SMARTS) is 2. The number of halogens is 3. The van der Waals surface area contributed by atoms with E-state index in [0.29, 0.717) is 29.7 Å². The molecule has 1 aromatic rings. The van der Waals surface area contributed by atoms with Gasteiger partial charge >= 0.3 is 18.1 Å². The van der Waals surface area contributed by atoms with Crippen LogP contribution < -0.4 is 5.32 Å². The van der Waals surface area contributed by atoms with E-state index in [2.05, 4.69) is 29.1 Å². The Morgan fingerprint density at radius 3 is 2.28 bits per heavy atom. The predicted molar refractivity (Wildman–Crippen MR) is 104 cm³/mol. The molecule has 0 aromatic carbocycles. The molecule has 0 atom stereocenters. The third-order valence-electron chi connectivity index (χ3n) is 2.72. The molecule has 164 valence electrons. The molecule has 1 amide bonds. The van der Waals surface area contributed by atoms with Gasteiger partial charge in [0.15, 0.2) is 0 Å². The first-order valence-electron chi connectivity index (χ1n) is 8.30. The van der Waals surface area contributed by atoms with Crippen LogP contribution in [-0.2, 0) is 16.0 Å². The second-order valence-corrected chi connectivity index (χ2v) is 8.50. The number of rotatable bonds is 10. The third kappa shape index (κ3) is 14.6. The van der Waals surface area contributed by atoms with Gasteiger partial charge in [-0.25, -0.2) is 14.8 Å². The maximum absolute atomic E-state index is 12.0. The molecule has 0 aliphatic rings. The number of nitrogens with zero attached hydrogens (tertiary/aromatic N) is 2. The van der Waals surface area contributed by atoms with Crippen molar-refractivity contribution in [2.75, 3.05) is 18.1 Å². The zero-order chi connectivity index (χ0) is 22.4. The van der Waals surface area contributed by atoms with Gasteiger partial charge in [0.1, 0.15) is 11.5 Å². The number of alkyl halides is 3. The summed E-state index contributed by atoms with van der Waals surface area (Å²) >= 11 is 0. The first-order chi connectivity index (χ1) is 13.4. The zero-order valence-electron chi connectivity index (χ0n) is 15.7. The van der Waals surface area contributed by atoms with Crippen LogP contribution in [0, 0.1) is 5.92 Å². The van der Waals surface area contributed by atoms with Crippen molar-refractivity contribution in [2.45, 2.75) is 32.9 Å². The van der Waals surface area contributed by atoms with Gasteiger partial charge < -0.3 is 15.5 Å². The van der Waals surface area contributed by atoms with Gasteiger partial charge in [-0.2, -0.15) is 13.2 Å². The Balaban J connectivity index is 0.000000956. The minimum Gasteiger partial charge on any atom is -0.481 e. The van der Waals surface area contributed by atoms with Crippen LogP contribution in [0.1, 0.15) is 36.6 Å². The van der Waals surface area contributed by atoms with E-state index in [9.17, 15) is 22.8 Å². The number of aliphatic carboxylic acids is 2. The maximum atomic E-state index is 12.0. The van der Waals surface area contributed by atoms with Crippen molar-refractivity contribution in [3.63, 3.8) is 0 Å². The minimum absolute atomic E-state index is 0.156. The molecule has 0 spiro atoms. The smallest absolute Gasteiger partial charge is 0.481 e. The number of amides is 1. The highest BCUT2D eigenvalue weighted by atomic mass is 33.1. The highest BCUT2D eigenvalue weighted by Gasteiger charge is 2.38. The molecular formula is C16H22F3N3O5S2. The summed E-state index contributed by atoms with van der Waals surface area (Å²) in [7, 11) is 3.05. The molecule has 1 rings (SSSR count). The van der Waals surface area contributed by atoms with E-state index in [1.165, 1.54) is 10.8 Å². The van der Waals surface area contributed by atoms with E-state index in [1.807, 2.05) is 0 Å². The Kier molecular flexibility index (Phi) is 13.1. The van der Waals surface area contributed by atoms with Gasteiger partial charge in [-0.15, -0.1) is 0 Å². The number of hydrogen-bond acceptors (Lipinski definition) is 7. The molecule has 1 aromatic heterocycles. The van der Waals surface area contributed by atoms with Crippen LogP contribution in [-0.4, -0.2) is 62.3 Å². The number of carbonyl (C=O) groups is 3. The summed E-state index contributed by atoms with van der Waals surface area (Å²) in [6.07, 6.45) is -2.57. The molecule has 3 N–H and O–H groups in total. The number of aromatic nitrogens is 2. The lowest BCUT2D eigenvalue weighted by Gasteiger charge is -2.07. The van der Waals surface area contributed by atoms with Gasteiger partial charge in [0.05, 0.1) is 6.42 Å². The summed E-state index contributed by atoms with van der Waals surface area (Å²) in [6.45, 7) is 4.68. The van der Waals surface area contributed by atoms with Gasteiger partial charge in [0, 0.05) is 30.7 Å². The Labute approximate surface area is 173 Å². The fraction of sp³-hybridized carbons (Fsp3) is 0.562. The standard InChI is InChI=1S/C14H21N3O3S2.C2HF3O2/c1-10(2)9-12-15-5-3-11(17-12)14(20)16-6-8-22-21-7-4-13(18)19;3-2(4,5)1(6)7/h3,5,10H,4,6-9H2,1-2H3,(H,16,20)(H,18,19);(H,6,7). The Morgan fingerprint density at radius 2 is 1.76 bits per heavy atom. The molecule has 0 aliphatic carbocycles. The highest BCUT2D eigenvalue weighted by molar-refractivity contribution is 8.76. The third-order valence-corrected chi connectivity index (χ3v) is 5.13. The zero-order valence-corrected chi connectivity index (χ0v) is 17.4. The lowest BCUT2D eigenvalue weighted by molar-refractivity contribution is -0.192. The van der Waals surface area contributed by atoms with Crippen LogP contribution in [0.5, 0.6) is 0 Å². The van der Waals surface area contributed by atoms with E-state index < -0.39 is 18.1 Å². The van der Waals surface area contributed by atoms with Gasteiger partial charge in [0.2, 0.25) is 0 Å². The van der Waals surface area contributed by atoms with Crippen LogP contribution in [0.25, 0.3) is 0 Å². The second kappa shape index (κ2) is 14.0. The summed E-state index contributed by atoms with van der Waals surface area (Å²) < 4.78 is 31.7. The average molecular weight is 457 g/mol. The summed E-state index contributed by atoms with van der Waals surface area (Å²) in [5.41, 5.74) is 0.384. The Hall–Kier alpha value is -2.02. The Morgan fingerprint density at radius 1 is 1.17 bits per heavy atom. The summed E-state index contributed by atoms with van der Waals surface area (Å²) in [5.74, 6) is -1.34. The number of nitrogens with one attached hydrogen (secondary N) is 1.